The molecular weight excluding hydrogens is 384 g/mol. The van der Waals surface area contributed by atoms with Crippen LogP contribution < -0.4 is 5.32 Å². The number of amides is 1. The smallest absolute Gasteiger partial charge is 0.236 e. The van der Waals surface area contributed by atoms with Gasteiger partial charge in [-0.05, 0) is 35.4 Å². The lowest BCUT2D eigenvalue weighted by molar-refractivity contribution is -0.116. The monoisotopic (exact) mass is 404 g/mol. The number of nitrogens with one attached hydrogen (secondary N) is 1. The number of carbonyl (C=O) groups is 1. The number of hydrogen-bond acceptors (Lipinski definition) is 3. The second kappa shape index (κ2) is 8.28. The molecule has 1 N–H and O–H groups in total. The third kappa shape index (κ3) is 3.83. The average molecular weight is 404 g/mol. The zero-order valence-corrected chi connectivity index (χ0v) is 16.7. The Hall–Kier alpha value is -4.18. The quantitative estimate of drug-likeness (QED) is 0.376. The topological polar surface area (TPSA) is 55.1 Å². The summed E-state index contributed by atoms with van der Waals surface area (Å²) in [6.07, 6.45) is 0. The molecular formula is C27H20N2O2. The second-order valence-electron chi connectivity index (χ2n) is 7.28. The SMILES string of the molecule is O=C(Nc1ccccc1-c1nc2ccccc2o1)C(c1ccccc1)c1ccccc1. The van der Waals surface area contributed by atoms with Crippen LogP contribution in [0.2, 0.25) is 0 Å². The van der Waals surface area contributed by atoms with Crippen LogP contribution in [0.5, 0.6) is 0 Å². The first-order valence-corrected chi connectivity index (χ1v) is 10.2. The van der Waals surface area contributed by atoms with E-state index in [-0.39, 0.29) is 5.91 Å². The maximum absolute atomic E-state index is 13.5. The summed E-state index contributed by atoms with van der Waals surface area (Å²) in [5.41, 5.74) is 4.77. The van der Waals surface area contributed by atoms with E-state index in [1.54, 1.807) is 0 Å². The van der Waals surface area contributed by atoms with Crippen LogP contribution in [0.25, 0.3) is 22.6 Å². The predicted molar refractivity (Wildman–Crippen MR) is 123 cm³/mol. The minimum absolute atomic E-state index is 0.110. The minimum atomic E-state index is -0.431. The highest BCUT2D eigenvalue weighted by molar-refractivity contribution is 6.00. The highest BCUT2D eigenvalue weighted by atomic mass is 16.3. The molecule has 4 aromatic carbocycles. The second-order valence-corrected chi connectivity index (χ2v) is 7.28. The van der Waals surface area contributed by atoms with E-state index >= 15 is 0 Å². The van der Waals surface area contributed by atoms with Crippen LogP contribution in [0.1, 0.15) is 17.0 Å². The summed E-state index contributed by atoms with van der Waals surface area (Å²) >= 11 is 0. The number of hydrogen-bond donors (Lipinski definition) is 1. The maximum Gasteiger partial charge on any atom is 0.236 e. The standard InChI is InChI=1S/C27H20N2O2/c30-26(25(19-11-3-1-4-12-19)20-13-5-2-6-14-20)28-22-16-8-7-15-21(22)27-29-23-17-9-10-18-24(23)31-27/h1-18,25H,(H,28,30). The molecule has 0 atom stereocenters. The van der Waals surface area contributed by atoms with Crippen molar-refractivity contribution in [3.8, 4) is 11.5 Å². The van der Waals surface area contributed by atoms with Crippen molar-refractivity contribution in [3.05, 3.63) is 120 Å². The first kappa shape index (κ1) is 18.8. The van der Waals surface area contributed by atoms with Crippen LogP contribution in [0.15, 0.2) is 114 Å². The van der Waals surface area contributed by atoms with Crippen LogP contribution in [0, 0.1) is 0 Å². The van der Waals surface area contributed by atoms with Crippen molar-refractivity contribution in [1.29, 1.82) is 0 Å². The normalized spacial score (nSPS) is 11.0. The Morgan fingerprint density at radius 2 is 1.29 bits per heavy atom. The van der Waals surface area contributed by atoms with Gasteiger partial charge in [-0.3, -0.25) is 4.79 Å². The van der Waals surface area contributed by atoms with Crippen molar-refractivity contribution < 1.29 is 9.21 Å². The van der Waals surface area contributed by atoms with E-state index < -0.39 is 5.92 Å². The maximum atomic E-state index is 13.5. The van der Waals surface area contributed by atoms with Gasteiger partial charge in [0.25, 0.3) is 0 Å². The zero-order chi connectivity index (χ0) is 21.0. The van der Waals surface area contributed by atoms with Gasteiger partial charge in [-0.1, -0.05) is 84.9 Å². The number of benzene rings is 4. The van der Waals surface area contributed by atoms with Crippen LogP contribution in [-0.4, -0.2) is 10.9 Å². The van der Waals surface area contributed by atoms with Crippen molar-refractivity contribution in [2.24, 2.45) is 0 Å². The number of para-hydroxylation sites is 3. The van der Waals surface area contributed by atoms with E-state index in [1.165, 1.54) is 0 Å². The molecule has 31 heavy (non-hydrogen) atoms. The first-order valence-electron chi connectivity index (χ1n) is 10.2. The molecule has 4 nitrogen and oxygen atoms in total. The van der Waals surface area contributed by atoms with E-state index in [0.29, 0.717) is 17.2 Å². The average Bonchev–Trinajstić information content (AvgIpc) is 3.25. The molecule has 1 heterocycles. The van der Waals surface area contributed by atoms with Gasteiger partial charge in [0, 0.05) is 0 Å². The summed E-state index contributed by atoms with van der Waals surface area (Å²) in [5, 5.41) is 3.11. The molecule has 0 fully saturated rings. The van der Waals surface area contributed by atoms with Crippen LogP contribution in [-0.2, 0) is 4.79 Å². The molecule has 4 heteroatoms. The predicted octanol–water partition coefficient (Wildman–Crippen LogP) is 6.27. The van der Waals surface area contributed by atoms with Gasteiger partial charge in [0.1, 0.15) is 5.52 Å². The van der Waals surface area contributed by atoms with Crippen molar-refractivity contribution >= 4 is 22.7 Å². The molecule has 1 amide bonds. The van der Waals surface area contributed by atoms with Crippen molar-refractivity contribution in [2.75, 3.05) is 5.32 Å². The molecule has 0 aliphatic heterocycles. The van der Waals surface area contributed by atoms with Crippen LogP contribution in [0.3, 0.4) is 0 Å². The minimum Gasteiger partial charge on any atom is -0.436 e. The number of nitrogens with zero attached hydrogens (tertiary/aromatic N) is 1. The molecule has 5 rings (SSSR count). The zero-order valence-electron chi connectivity index (χ0n) is 16.7. The van der Waals surface area contributed by atoms with Gasteiger partial charge in [0.15, 0.2) is 5.58 Å². The van der Waals surface area contributed by atoms with Gasteiger partial charge in [-0.25, -0.2) is 4.98 Å². The largest absolute Gasteiger partial charge is 0.436 e. The Morgan fingerprint density at radius 1 is 0.710 bits per heavy atom. The third-order valence-corrected chi connectivity index (χ3v) is 5.24. The molecule has 0 saturated carbocycles. The lowest BCUT2D eigenvalue weighted by atomic mass is 9.90. The van der Waals surface area contributed by atoms with Gasteiger partial charge in [-0.2, -0.15) is 0 Å². The Labute approximate surface area is 180 Å². The lowest BCUT2D eigenvalue weighted by Crippen LogP contribution is -2.22. The molecule has 0 aliphatic rings. The summed E-state index contributed by atoms with van der Waals surface area (Å²) in [6, 6.07) is 34.8. The van der Waals surface area contributed by atoms with E-state index in [0.717, 1.165) is 22.2 Å². The Kier molecular flexibility index (Phi) is 5.03. The number of oxazole rings is 1. The first-order chi connectivity index (χ1) is 15.3. The number of rotatable bonds is 5. The Morgan fingerprint density at radius 3 is 1.97 bits per heavy atom. The summed E-state index contributed by atoms with van der Waals surface area (Å²) in [4.78, 5) is 18.1. The highest BCUT2D eigenvalue weighted by Gasteiger charge is 2.24. The molecule has 5 aromatic rings. The summed E-state index contributed by atoms with van der Waals surface area (Å²) in [7, 11) is 0. The summed E-state index contributed by atoms with van der Waals surface area (Å²) in [6.45, 7) is 0. The fourth-order valence-electron chi connectivity index (χ4n) is 3.76. The fourth-order valence-corrected chi connectivity index (χ4v) is 3.76. The summed E-state index contributed by atoms with van der Waals surface area (Å²) < 4.78 is 5.94. The van der Waals surface area contributed by atoms with Gasteiger partial charge < -0.3 is 9.73 Å². The number of anilines is 1. The van der Waals surface area contributed by atoms with Gasteiger partial charge in [0.2, 0.25) is 11.8 Å². The molecule has 0 unspecified atom stereocenters. The molecule has 1 aromatic heterocycles. The van der Waals surface area contributed by atoms with E-state index in [2.05, 4.69) is 10.3 Å². The number of carbonyl (C=O) groups excluding carboxylic acids is 1. The van der Waals surface area contributed by atoms with E-state index in [9.17, 15) is 4.79 Å². The highest BCUT2D eigenvalue weighted by Crippen LogP contribution is 2.32. The Balaban J connectivity index is 1.52. The molecule has 150 valence electrons. The number of aromatic nitrogens is 1. The fraction of sp³-hybridized carbons (Fsp3) is 0.0370. The van der Waals surface area contributed by atoms with E-state index in [1.807, 2.05) is 109 Å². The number of fused-ring (bicyclic) bond motifs is 1. The van der Waals surface area contributed by atoms with Crippen molar-refractivity contribution in [3.63, 3.8) is 0 Å². The van der Waals surface area contributed by atoms with Crippen molar-refractivity contribution in [1.82, 2.24) is 4.98 Å². The van der Waals surface area contributed by atoms with Gasteiger partial charge >= 0.3 is 0 Å². The third-order valence-electron chi connectivity index (χ3n) is 5.24. The van der Waals surface area contributed by atoms with Crippen LogP contribution >= 0.6 is 0 Å². The molecule has 0 spiro atoms. The van der Waals surface area contributed by atoms with Gasteiger partial charge in [0.05, 0.1) is 17.2 Å². The molecule has 0 bridgehead atoms. The molecule has 0 radical (unpaired) electrons. The summed E-state index contributed by atoms with van der Waals surface area (Å²) in [5.74, 6) is -0.0619. The Bertz CT molecular complexity index is 1250. The lowest BCUT2D eigenvalue weighted by Gasteiger charge is -2.19. The molecule has 0 saturated heterocycles. The van der Waals surface area contributed by atoms with E-state index in [4.69, 9.17) is 4.42 Å². The van der Waals surface area contributed by atoms with Crippen LogP contribution in [0.4, 0.5) is 5.69 Å². The molecule has 0 aliphatic carbocycles. The van der Waals surface area contributed by atoms with Crippen molar-refractivity contribution in [2.45, 2.75) is 5.92 Å². The van der Waals surface area contributed by atoms with Gasteiger partial charge in [-0.15, -0.1) is 0 Å².